The fourth-order valence-corrected chi connectivity index (χ4v) is 2.59. The van der Waals surface area contributed by atoms with E-state index in [1.54, 1.807) is 7.11 Å². The van der Waals surface area contributed by atoms with Gasteiger partial charge in [0.05, 0.1) is 7.11 Å². The molecule has 1 aromatic rings. The van der Waals surface area contributed by atoms with E-state index in [0.717, 1.165) is 12.3 Å². The summed E-state index contributed by atoms with van der Waals surface area (Å²) < 4.78 is 5.35. The lowest BCUT2D eigenvalue weighted by Crippen LogP contribution is -2.20. The standard InChI is InChI=1S/C15H23NO/c1-15(2,3)13-8-7-11(17-4)10-12(13)14-6-5-9-16-14/h7-8,10,14,16H,5-6,9H2,1-4H3. The van der Waals surface area contributed by atoms with Crippen LogP contribution in [0.3, 0.4) is 0 Å². The van der Waals surface area contributed by atoms with E-state index in [-0.39, 0.29) is 5.41 Å². The van der Waals surface area contributed by atoms with Crippen LogP contribution in [-0.4, -0.2) is 13.7 Å². The summed E-state index contributed by atoms with van der Waals surface area (Å²) in [5.74, 6) is 0.960. The van der Waals surface area contributed by atoms with Gasteiger partial charge in [0.25, 0.3) is 0 Å². The smallest absolute Gasteiger partial charge is 0.119 e. The summed E-state index contributed by atoms with van der Waals surface area (Å²) in [5, 5.41) is 3.58. The van der Waals surface area contributed by atoms with Crippen molar-refractivity contribution >= 4 is 0 Å². The SMILES string of the molecule is COc1ccc(C(C)(C)C)c(C2CCCN2)c1. The van der Waals surface area contributed by atoms with Crippen LogP contribution < -0.4 is 10.1 Å². The van der Waals surface area contributed by atoms with Crippen LogP contribution in [0.4, 0.5) is 0 Å². The van der Waals surface area contributed by atoms with E-state index in [1.165, 1.54) is 24.0 Å². The van der Waals surface area contributed by atoms with Crippen molar-refractivity contribution in [1.29, 1.82) is 0 Å². The van der Waals surface area contributed by atoms with Crippen LogP contribution in [0.25, 0.3) is 0 Å². The zero-order valence-corrected chi connectivity index (χ0v) is 11.3. The topological polar surface area (TPSA) is 21.3 Å². The molecule has 1 fully saturated rings. The third kappa shape index (κ3) is 2.63. The average molecular weight is 233 g/mol. The van der Waals surface area contributed by atoms with Crippen LogP contribution >= 0.6 is 0 Å². The highest BCUT2D eigenvalue weighted by molar-refractivity contribution is 5.41. The molecule has 1 aliphatic heterocycles. The van der Waals surface area contributed by atoms with Gasteiger partial charge in [-0.1, -0.05) is 26.8 Å². The Labute approximate surface area is 104 Å². The number of nitrogens with one attached hydrogen (secondary N) is 1. The minimum atomic E-state index is 0.186. The molecule has 1 aliphatic rings. The number of hydrogen-bond donors (Lipinski definition) is 1. The maximum Gasteiger partial charge on any atom is 0.119 e. The van der Waals surface area contributed by atoms with Gasteiger partial charge in [-0.15, -0.1) is 0 Å². The molecule has 0 amide bonds. The summed E-state index contributed by atoms with van der Waals surface area (Å²) in [6.07, 6.45) is 2.50. The minimum Gasteiger partial charge on any atom is -0.497 e. The van der Waals surface area contributed by atoms with Gasteiger partial charge < -0.3 is 10.1 Å². The lowest BCUT2D eigenvalue weighted by molar-refractivity contribution is 0.412. The van der Waals surface area contributed by atoms with Crippen LogP contribution in [0, 0.1) is 0 Å². The molecule has 17 heavy (non-hydrogen) atoms. The van der Waals surface area contributed by atoms with E-state index < -0.39 is 0 Å². The van der Waals surface area contributed by atoms with Gasteiger partial charge in [-0.05, 0) is 48.1 Å². The number of hydrogen-bond acceptors (Lipinski definition) is 2. The number of rotatable bonds is 2. The van der Waals surface area contributed by atoms with Gasteiger partial charge >= 0.3 is 0 Å². The maximum absolute atomic E-state index is 5.35. The molecule has 1 heterocycles. The molecule has 0 radical (unpaired) electrons. The molecule has 0 saturated carbocycles. The van der Waals surface area contributed by atoms with E-state index in [1.807, 2.05) is 0 Å². The zero-order chi connectivity index (χ0) is 12.5. The molecule has 94 valence electrons. The minimum absolute atomic E-state index is 0.186. The highest BCUT2D eigenvalue weighted by Crippen LogP contribution is 2.35. The highest BCUT2D eigenvalue weighted by atomic mass is 16.5. The molecule has 1 unspecified atom stereocenters. The van der Waals surface area contributed by atoms with E-state index in [4.69, 9.17) is 4.74 Å². The first-order valence-corrected chi connectivity index (χ1v) is 6.44. The molecule has 2 nitrogen and oxygen atoms in total. The van der Waals surface area contributed by atoms with Crippen molar-refractivity contribution in [2.75, 3.05) is 13.7 Å². The molecular weight excluding hydrogens is 210 g/mol. The van der Waals surface area contributed by atoms with E-state index >= 15 is 0 Å². The van der Waals surface area contributed by atoms with E-state index in [2.05, 4.69) is 44.3 Å². The third-order valence-corrected chi connectivity index (χ3v) is 3.50. The molecule has 1 N–H and O–H groups in total. The molecule has 2 rings (SSSR count). The maximum atomic E-state index is 5.35. The first kappa shape index (κ1) is 12.4. The summed E-state index contributed by atoms with van der Waals surface area (Å²) in [6.45, 7) is 7.94. The average Bonchev–Trinajstić information content (AvgIpc) is 2.80. The van der Waals surface area contributed by atoms with Crippen molar-refractivity contribution in [2.24, 2.45) is 0 Å². The second kappa shape index (κ2) is 4.69. The molecule has 0 spiro atoms. The molecule has 1 saturated heterocycles. The van der Waals surface area contributed by atoms with E-state index in [0.29, 0.717) is 6.04 Å². The first-order valence-electron chi connectivity index (χ1n) is 6.44. The predicted molar refractivity (Wildman–Crippen MR) is 71.7 cm³/mol. The molecule has 1 aromatic carbocycles. The predicted octanol–water partition coefficient (Wildman–Crippen LogP) is 3.42. The molecule has 1 atom stereocenters. The van der Waals surface area contributed by atoms with Gasteiger partial charge in [0.15, 0.2) is 0 Å². The summed E-state index contributed by atoms with van der Waals surface area (Å²) in [5.41, 5.74) is 3.03. The van der Waals surface area contributed by atoms with Crippen LogP contribution in [0.5, 0.6) is 5.75 Å². The lowest BCUT2D eigenvalue weighted by Gasteiger charge is -2.26. The number of ether oxygens (including phenoxy) is 1. The van der Waals surface area contributed by atoms with Crippen LogP contribution in [-0.2, 0) is 5.41 Å². The van der Waals surface area contributed by atoms with Crippen molar-refractivity contribution < 1.29 is 4.74 Å². The summed E-state index contributed by atoms with van der Waals surface area (Å²) in [7, 11) is 1.73. The Morgan fingerprint density at radius 3 is 2.59 bits per heavy atom. The Morgan fingerprint density at radius 1 is 1.29 bits per heavy atom. The molecular formula is C15H23NO. The fourth-order valence-electron chi connectivity index (χ4n) is 2.59. The van der Waals surface area contributed by atoms with Gasteiger partial charge in [-0.2, -0.15) is 0 Å². The Balaban J connectivity index is 2.43. The largest absolute Gasteiger partial charge is 0.497 e. The zero-order valence-electron chi connectivity index (χ0n) is 11.3. The molecule has 2 heteroatoms. The third-order valence-electron chi connectivity index (χ3n) is 3.50. The normalized spacial score (nSPS) is 20.6. The van der Waals surface area contributed by atoms with Crippen molar-refractivity contribution in [1.82, 2.24) is 5.32 Å². The van der Waals surface area contributed by atoms with Crippen molar-refractivity contribution in [3.8, 4) is 5.75 Å². The van der Waals surface area contributed by atoms with Crippen LogP contribution in [0.15, 0.2) is 18.2 Å². The van der Waals surface area contributed by atoms with Gasteiger partial charge in [0, 0.05) is 6.04 Å². The van der Waals surface area contributed by atoms with Gasteiger partial charge in [0.2, 0.25) is 0 Å². The van der Waals surface area contributed by atoms with Gasteiger partial charge in [-0.3, -0.25) is 0 Å². The quantitative estimate of drug-likeness (QED) is 0.845. The van der Waals surface area contributed by atoms with Gasteiger partial charge in [0.1, 0.15) is 5.75 Å². The van der Waals surface area contributed by atoms with Crippen LogP contribution in [0.1, 0.15) is 50.8 Å². The lowest BCUT2D eigenvalue weighted by atomic mass is 9.81. The molecule has 0 bridgehead atoms. The van der Waals surface area contributed by atoms with Crippen LogP contribution in [0.2, 0.25) is 0 Å². The number of methoxy groups -OCH3 is 1. The Kier molecular flexibility index (Phi) is 3.43. The van der Waals surface area contributed by atoms with Crippen molar-refractivity contribution in [3.05, 3.63) is 29.3 Å². The summed E-state index contributed by atoms with van der Waals surface area (Å²) >= 11 is 0. The molecule has 0 aliphatic carbocycles. The Hall–Kier alpha value is -1.02. The molecule has 0 aromatic heterocycles. The first-order chi connectivity index (χ1) is 8.02. The van der Waals surface area contributed by atoms with Crippen molar-refractivity contribution in [3.63, 3.8) is 0 Å². The summed E-state index contributed by atoms with van der Waals surface area (Å²) in [6, 6.07) is 6.98. The fraction of sp³-hybridized carbons (Fsp3) is 0.600. The number of benzene rings is 1. The summed E-state index contributed by atoms with van der Waals surface area (Å²) in [4.78, 5) is 0. The van der Waals surface area contributed by atoms with Gasteiger partial charge in [-0.25, -0.2) is 0 Å². The Bertz CT molecular complexity index is 386. The van der Waals surface area contributed by atoms with E-state index in [9.17, 15) is 0 Å². The van der Waals surface area contributed by atoms with Crippen molar-refractivity contribution in [2.45, 2.75) is 45.1 Å². The Morgan fingerprint density at radius 2 is 2.06 bits per heavy atom. The monoisotopic (exact) mass is 233 g/mol. The second-order valence-corrected chi connectivity index (χ2v) is 5.85. The highest BCUT2D eigenvalue weighted by Gasteiger charge is 2.25. The second-order valence-electron chi connectivity index (χ2n) is 5.85.